The Morgan fingerprint density at radius 1 is 0.824 bits per heavy atom. The van der Waals surface area contributed by atoms with Gasteiger partial charge in [-0.15, -0.1) is 0 Å². The van der Waals surface area contributed by atoms with Crippen LogP contribution in [-0.2, 0) is 31.6 Å². The van der Waals surface area contributed by atoms with E-state index in [9.17, 15) is 0 Å². The molecule has 0 aromatic heterocycles. The maximum absolute atomic E-state index is 2.22. The molecule has 0 aliphatic heterocycles. The maximum Gasteiger partial charge on any atom is 4.00 e. The predicted octanol–water partition coefficient (Wildman–Crippen LogP) is -1.89. The van der Waals surface area contributed by atoms with E-state index in [1.54, 1.807) is 0 Å². The average Bonchev–Trinajstić information content (AvgIpc) is 2.80. The minimum absolute atomic E-state index is 0. The molecule has 2 aromatic rings. The summed E-state index contributed by atoms with van der Waals surface area (Å²) in [5.74, 6) is 0. The van der Waals surface area contributed by atoms with Crippen molar-refractivity contribution in [3.05, 3.63) is 60.2 Å². The van der Waals surface area contributed by atoms with Gasteiger partial charge in [-0.2, -0.15) is 35.9 Å². The topological polar surface area (TPSA) is 0 Å². The summed E-state index contributed by atoms with van der Waals surface area (Å²) < 4.78 is 0. The van der Waals surface area contributed by atoms with Crippen LogP contribution in [-0.4, -0.2) is 0 Å². The van der Waals surface area contributed by atoms with Crippen molar-refractivity contribution in [3.8, 4) is 0 Å². The van der Waals surface area contributed by atoms with Crippen molar-refractivity contribution in [1.29, 1.82) is 0 Å². The van der Waals surface area contributed by atoms with Gasteiger partial charge in [-0.3, -0.25) is 0 Å². The third-order valence-corrected chi connectivity index (χ3v) is 2.08. The summed E-state index contributed by atoms with van der Waals surface area (Å²) in [5.41, 5.74) is 1.74. The third kappa shape index (κ3) is 9.83. The first-order chi connectivity index (χ1) is 6.61. The molecule has 0 heterocycles. The zero-order valence-electron chi connectivity index (χ0n) is 10.5. The summed E-state index contributed by atoms with van der Waals surface area (Å²) in [5, 5.41) is 0. The quantitative estimate of drug-likeness (QED) is 0.489. The van der Waals surface area contributed by atoms with Gasteiger partial charge < -0.3 is 24.8 Å². The van der Waals surface area contributed by atoms with E-state index in [1.165, 1.54) is 5.56 Å². The zero-order valence-corrected chi connectivity index (χ0v) is 14.4. The van der Waals surface area contributed by atoms with Crippen molar-refractivity contribution in [2.75, 3.05) is 0 Å². The van der Waals surface area contributed by atoms with Crippen LogP contribution in [0.4, 0.5) is 0 Å². The standard InChI is InChI=1S/C9H13.C5H5.2ClH.Zr/c1-9(2,3)8-6-4-5-7-8;1-2-4-5-3-1;;;/h4-7H,1-3H3;1-5H;2*1H;/q2*-1;;;+4/p-2. The molecule has 92 valence electrons. The molecule has 0 bridgehead atoms. The first-order valence-electron chi connectivity index (χ1n) is 4.99. The van der Waals surface area contributed by atoms with Crippen LogP contribution >= 0.6 is 0 Å². The molecule has 0 unspecified atom stereocenters. The maximum atomic E-state index is 2.22. The van der Waals surface area contributed by atoms with E-state index in [0.717, 1.165) is 0 Å². The van der Waals surface area contributed by atoms with Gasteiger partial charge >= 0.3 is 26.2 Å². The molecule has 0 aliphatic rings. The second kappa shape index (κ2) is 11.3. The number of hydrogen-bond acceptors (Lipinski definition) is 0. The van der Waals surface area contributed by atoms with Crippen LogP contribution in [0, 0.1) is 0 Å². The second-order valence-electron chi connectivity index (χ2n) is 4.39. The van der Waals surface area contributed by atoms with Gasteiger partial charge in [-0.05, 0) is 0 Å². The molecule has 0 fully saturated rings. The van der Waals surface area contributed by atoms with Crippen LogP contribution in [0.2, 0.25) is 0 Å². The van der Waals surface area contributed by atoms with Crippen molar-refractivity contribution in [2.45, 2.75) is 26.2 Å². The minimum Gasteiger partial charge on any atom is -1.00 e. The molecule has 2 aromatic carbocycles. The first kappa shape index (κ1) is 22.4. The van der Waals surface area contributed by atoms with Crippen LogP contribution in [0.15, 0.2) is 54.6 Å². The normalized spacial score (nSPS) is 8.65. The molecule has 2 rings (SSSR count). The molecule has 0 atom stereocenters. The van der Waals surface area contributed by atoms with Crippen molar-refractivity contribution in [2.24, 2.45) is 0 Å². The second-order valence-corrected chi connectivity index (χ2v) is 4.39. The van der Waals surface area contributed by atoms with Gasteiger partial charge in [0, 0.05) is 0 Å². The van der Waals surface area contributed by atoms with Crippen molar-refractivity contribution >= 4 is 0 Å². The molecule has 3 heteroatoms. The Hall–Kier alpha value is 0.163. The van der Waals surface area contributed by atoms with Crippen LogP contribution in [0.5, 0.6) is 0 Å². The van der Waals surface area contributed by atoms with Gasteiger partial charge in [0.2, 0.25) is 0 Å². The van der Waals surface area contributed by atoms with Gasteiger partial charge in [0.15, 0.2) is 0 Å². The Morgan fingerprint density at radius 2 is 1.24 bits per heavy atom. The molecule has 17 heavy (non-hydrogen) atoms. The summed E-state index contributed by atoms with van der Waals surface area (Å²) in [6.07, 6.45) is 0. The summed E-state index contributed by atoms with van der Waals surface area (Å²) >= 11 is 0. The molecule has 0 radical (unpaired) electrons. The molecule has 0 N–H and O–H groups in total. The average molecular weight is 348 g/mol. The van der Waals surface area contributed by atoms with Gasteiger partial charge in [0.25, 0.3) is 0 Å². The van der Waals surface area contributed by atoms with Crippen LogP contribution in [0.25, 0.3) is 0 Å². The zero-order chi connectivity index (χ0) is 10.4. The van der Waals surface area contributed by atoms with E-state index in [-0.39, 0.29) is 51.0 Å². The van der Waals surface area contributed by atoms with E-state index < -0.39 is 0 Å². The molecule has 0 saturated heterocycles. The van der Waals surface area contributed by atoms with Gasteiger partial charge in [0.05, 0.1) is 0 Å². The monoisotopic (exact) mass is 346 g/mol. The van der Waals surface area contributed by atoms with Gasteiger partial charge in [-0.1, -0.05) is 26.2 Å². The Morgan fingerprint density at radius 3 is 1.41 bits per heavy atom. The van der Waals surface area contributed by atoms with E-state index in [0.29, 0.717) is 5.41 Å². The number of hydrogen-bond donors (Lipinski definition) is 0. The van der Waals surface area contributed by atoms with Crippen molar-refractivity contribution < 1.29 is 51.0 Å². The third-order valence-electron chi connectivity index (χ3n) is 2.08. The van der Waals surface area contributed by atoms with Crippen LogP contribution in [0.3, 0.4) is 0 Å². The number of rotatable bonds is 0. The van der Waals surface area contributed by atoms with Crippen LogP contribution < -0.4 is 24.8 Å². The van der Waals surface area contributed by atoms with Crippen molar-refractivity contribution in [3.63, 3.8) is 0 Å². The molecular formula is C14H18Cl2Zr. The predicted molar refractivity (Wildman–Crippen MR) is 62.8 cm³/mol. The fourth-order valence-electron chi connectivity index (χ4n) is 1.19. The Kier molecular flexibility index (Phi) is 14.8. The Bertz CT molecular complexity index is 300. The molecule has 0 spiro atoms. The summed E-state index contributed by atoms with van der Waals surface area (Å²) in [6.45, 7) is 6.67. The van der Waals surface area contributed by atoms with Gasteiger partial charge in [-0.25, -0.2) is 24.3 Å². The first-order valence-corrected chi connectivity index (χ1v) is 4.99. The van der Waals surface area contributed by atoms with E-state index in [1.807, 2.05) is 30.3 Å². The molecular weight excluding hydrogens is 330 g/mol. The van der Waals surface area contributed by atoms with E-state index >= 15 is 0 Å². The molecule has 0 saturated carbocycles. The largest absolute Gasteiger partial charge is 4.00 e. The fraction of sp³-hybridized carbons (Fsp3) is 0.286. The van der Waals surface area contributed by atoms with E-state index in [2.05, 4.69) is 45.0 Å². The van der Waals surface area contributed by atoms with Gasteiger partial charge in [0.1, 0.15) is 0 Å². The summed E-state index contributed by atoms with van der Waals surface area (Å²) in [6, 6.07) is 18.5. The number of halogens is 2. The SMILES string of the molecule is CC(C)(C)[c-]1cccc1.[Cl-].[Cl-].[Zr+4].c1cc[cH-]c1. The van der Waals surface area contributed by atoms with Crippen molar-refractivity contribution in [1.82, 2.24) is 0 Å². The van der Waals surface area contributed by atoms with Crippen LogP contribution in [0.1, 0.15) is 26.3 Å². The summed E-state index contributed by atoms with van der Waals surface area (Å²) in [7, 11) is 0. The Balaban J connectivity index is -0.000000216. The Labute approximate surface area is 136 Å². The fourth-order valence-corrected chi connectivity index (χ4v) is 1.19. The van der Waals surface area contributed by atoms with E-state index in [4.69, 9.17) is 0 Å². The minimum atomic E-state index is 0. The summed E-state index contributed by atoms with van der Waals surface area (Å²) in [4.78, 5) is 0. The molecule has 0 amide bonds. The smallest absolute Gasteiger partial charge is 1.00 e. The molecule has 0 nitrogen and oxygen atoms in total. The molecule has 0 aliphatic carbocycles.